The Kier molecular flexibility index (Phi) is 6.01. The summed E-state index contributed by atoms with van der Waals surface area (Å²) >= 11 is 0. The van der Waals surface area contributed by atoms with Crippen molar-refractivity contribution >= 4 is 17.6 Å². The fourth-order valence-corrected chi connectivity index (χ4v) is 3.21. The zero-order chi connectivity index (χ0) is 19.3. The van der Waals surface area contributed by atoms with Gasteiger partial charge in [-0.15, -0.1) is 0 Å². The van der Waals surface area contributed by atoms with Gasteiger partial charge in [0.25, 0.3) is 5.91 Å². The van der Waals surface area contributed by atoms with E-state index < -0.39 is 22.3 Å². The molecule has 0 atom stereocenters. The first kappa shape index (κ1) is 19.5. The van der Waals surface area contributed by atoms with Gasteiger partial charge in [0, 0.05) is 19.2 Å². The van der Waals surface area contributed by atoms with Gasteiger partial charge in [0.1, 0.15) is 11.3 Å². The summed E-state index contributed by atoms with van der Waals surface area (Å²) in [6, 6.07) is 3.91. The highest BCUT2D eigenvalue weighted by Crippen LogP contribution is 2.34. The van der Waals surface area contributed by atoms with Crippen molar-refractivity contribution in [2.45, 2.75) is 37.6 Å². The molecule has 0 bridgehead atoms. The minimum atomic E-state index is -1.20. The zero-order valence-corrected chi connectivity index (χ0v) is 14.8. The third-order valence-electron chi connectivity index (χ3n) is 4.81. The number of carbonyl (C=O) groups excluding carboxylic acids is 1. The van der Waals surface area contributed by atoms with Crippen LogP contribution < -0.4 is 9.47 Å². The second-order valence-corrected chi connectivity index (χ2v) is 6.23. The summed E-state index contributed by atoms with van der Waals surface area (Å²) in [6.07, 6.45) is 3.29. The lowest BCUT2D eigenvalue weighted by atomic mass is 9.80. The monoisotopic (exact) mass is 366 g/mol. The Morgan fingerprint density at radius 1 is 1.31 bits per heavy atom. The topological polar surface area (TPSA) is 119 Å². The van der Waals surface area contributed by atoms with Crippen molar-refractivity contribution in [1.82, 2.24) is 4.90 Å². The van der Waals surface area contributed by atoms with E-state index in [1.165, 1.54) is 37.3 Å². The van der Waals surface area contributed by atoms with Gasteiger partial charge in [-0.2, -0.15) is 0 Å². The lowest BCUT2D eigenvalue weighted by molar-refractivity contribution is -0.385. The van der Waals surface area contributed by atoms with Crippen LogP contribution in [0.2, 0.25) is 0 Å². The predicted molar refractivity (Wildman–Crippen MR) is 91.4 cm³/mol. The van der Waals surface area contributed by atoms with Crippen molar-refractivity contribution in [3.8, 4) is 11.5 Å². The normalized spacial score (nSPS) is 15.8. The molecule has 0 radical (unpaired) electrons. The highest BCUT2D eigenvalue weighted by molar-refractivity contribution is 5.87. The Balaban J connectivity index is 2.08. The number of nitro groups is 1. The van der Waals surface area contributed by atoms with E-state index in [0.717, 1.165) is 19.3 Å². The standard InChI is InChI=1S/C17H22N2O7/c1-18(17(16(21)22)8-4-3-5-9-17)15(20)11-26-12-6-7-13(19(23)24)14(10-12)25-2/h6-7,10H,3-5,8-9,11H2,1-2H3,(H,21,22). The quantitative estimate of drug-likeness (QED) is 0.580. The molecule has 1 fully saturated rings. The van der Waals surface area contributed by atoms with Crippen LogP contribution in [-0.2, 0) is 9.59 Å². The minimum Gasteiger partial charge on any atom is -0.490 e. The molecule has 1 aliphatic rings. The van der Waals surface area contributed by atoms with Crippen LogP contribution in [0.1, 0.15) is 32.1 Å². The molecule has 1 N–H and O–H groups in total. The highest BCUT2D eigenvalue weighted by Gasteiger charge is 2.45. The largest absolute Gasteiger partial charge is 0.490 e. The van der Waals surface area contributed by atoms with Crippen molar-refractivity contribution in [2.24, 2.45) is 0 Å². The first-order valence-electron chi connectivity index (χ1n) is 8.27. The fraction of sp³-hybridized carbons (Fsp3) is 0.529. The maximum atomic E-state index is 12.5. The van der Waals surface area contributed by atoms with Crippen LogP contribution in [-0.4, -0.2) is 53.1 Å². The summed E-state index contributed by atoms with van der Waals surface area (Å²) < 4.78 is 10.3. The van der Waals surface area contributed by atoms with E-state index in [-0.39, 0.29) is 23.8 Å². The van der Waals surface area contributed by atoms with E-state index in [4.69, 9.17) is 9.47 Å². The molecule has 0 unspecified atom stereocenters. The first-order chi connectivity index (χ1) is 12.3. The average molecular weight is 366 g/mol. The molecular weight excluding hydrogens is 344 g/mol. The average Bonchev–Trinajstić information content (AvgIpc) is 2.65. The summed E-state index contributed by atoms with van der Waals surface area (Å²) in [5, 5.41) is 20.5. The molecule has 1 aromatic rings. The Morgan fingerprint density at radius 3 is 2.50 bits per heavy atom. The van der Waals surface area contributed by atoms with Crippen molar-refractivity contribution < 1.29 is 29.1 Å². The number of methoxy groups -OCH3 is 1. The zero-order valence-electron chi connectivity index (χ0n) is 14.8. The molecule has 0 heterocycles. The molecular formula is C17H22N2O7. The van der Waals surface area contributed by atoms with Gasteiger partial charge in [-0.25, -0.2) is 4.79 Å². The van der Waals surface area contributed by atoms with E-state index in [1.807, 2.05) is 0 Å². The third-order valence-corrected chi connectivity index (χ3v) is 4.81. The number of aliphatic carboxylic acids is 1. The van der Waals surface area contributed by atoms with Gasteiger partial charge >= 0.3 is 11.7 Å². The second kappa shape index (κ2) is 8.03. The van der Waals surface area contributed by atoms with Crippen LogP contribution >= 0.6 is 0 Å². The third kappa shape index (κ3) is 3.87. The number of amides is 1. The highest BCUT2D eigenvalue weighted by atomic mass is 16.6. The van der Waals surface area contributed by atoms with Gasteiger partial charge < -0.3 is 19.5 Å². The van der Waals surface area contributed by atoms with Gasteiger partial charge in [-0.05, 0) is 18.9 Å². The number of carboxylic acid groups (broad SMARTS) is 1. The fourth-order valence-electron chi connectivity index (χ4n) is 3.21. The number of carbonyl (C=O) groups is 2. The maximum absolute atomic E-state index is 12.5. The van der Waals surface area contributed by atoms with Crippen molar-refractivity contribution in [2.75, 3.05) is 20.8 Å². The molecule has 1 saturated carbocycles. The summed E-state index contributed by atoms with van der Waals surface area (Å²) in [5.74, 6) is -1.23. The van der Waals surface area contributed by atoms with Crippen molar-refractivity contribution in [1.29, 1.82) is 0 Å². The van der Waals surface area contributed by atoms with Crippen LogP contribution in [0, 0.1) is 10.1 Å². The molecule has 1 aromatic carbocycles. The summed E-state index contributed by atoms with van der Waals surface area (Å²) in [7, 11) is 2.77. The van der Waals surface area contributed by atoms with Crippen LogP contribution in [0.15, 0.2) is 18.2 Å². The molecule has 0 aliphatic heterocycles. The Morgan fingerprint density at radius 2 is 1.96 bits per heavy atom. The molecule has 9 heteroatoms. The molecule has 0 spiro atoms. The van der Waals surface area contributed by atoms with Gasteiger partial charge in [0.2, 0.25) is 5.75 Å². The van der Waals surface area contributed by atoms with E-state index in [9.17, 15) is 24.8 Å². The number of hydrogen-bond acceptors (Lipinski definition) is 6. The van der Waals surface area contributed by atoms with E-state index >= 15 is 0 Å². The molecule has 0 saturated heterocycles. The van der Waals surface area contributed by atoms with Gasteiger partial charge in [-0.1, -0.05) is 19.3 Å². The number of rotatable bonds is 7. The van der Waals surface area contributed by atoms with Gasteiger partial charge in [0.15, 0.2) is 6.61 Å². The number of carboxylic acids is 1. The lowest BCUT2D eigenvalue weighted by Gasteiger charge is -2.40. The number of likely N-dealkylation sites (N-methyl/N-ethyl adjacent to an activating group) is 1. The smallest absolute Gasteiger partial charge is 0.329 e. The second-order valence-electron chi connectivity index (χ2n) is 6.23. The van der Waals surface area contributed by atoms with Gasteiger partial charge in [-0.3, -0.25) is 14.9 Å². The van der Waals surface area contributed by atoms with E-state index in [0.29, 0.717) is 12.8 Å². The Hall–Kier alpha value is -2.84. The summed E-state index contributed by atoms with van der Waals surface area (Å²) in [4.78, 5) is 35.8. The summed E-state index contributed by atoms with van der Waals surface area (Å²) in [5.41, 5.74) is -1.42. The summed E-state index contributed by atoms with van der Waals surface area (Å²) in [6.45, 7) is -0.369. The van der Waals surface area contributed by atoms with Crippen molar-refractivity contribution in [3.05, 3.63) is 28.3 Å². The number of hydrogen-bond donors (Lipinski definition) is 1. The van der Waals surface area contributed by atoms with Crippen LogP contribution in [0.4, 0.5) is 5.69 Å². The SMILES string of the molecule is COc1cc(OCC(=O)N(C)C2(C(=O)O)CCCCC2)ccc1[N+](=O)[O-]. The maximum Gasteiger partial charge on any atom is 0.329 e. The van der Waals surface area contributed by atoms with E-state index in [1.54, 1.807) is 0 Å². The molecule has 0 aromatic heterocycles. The molecule has 26 heavy (non-hydrogen) atoms. The number of ether oxygens (including phenoxy) is 2. The first-order valence-corrected chi connectivity index (χ1v) is 8.27. The Labute approximate surface area is 150 Å². The number of nitro benzene ring substituents is 1. The number of nitrogens with zero attached hydrogens (tertiary/aromatic N) is 2. The molecule has 142 valence electrons. The van der Waals surface area contributed by atoms with Gasteiger partial charge in [0.05, 0.1) is 12.0 Å². The predicted octanol–water partition coefficient (Wildman–Crippen LogP) is 2.23. The molecule has 9 nitrogen and oxygen atoms in total. The Bertz CT molecular complexity index is 698. The molecule has 1 aliphatic carbocycles. The minimum absolute atomic E-state index is 0.0163. The van der Waals surface area contributed by atoms with Crippen LogP contribution in [0.3, 0.4) is 0 Å². The van der Waals surface area contributed by atoms with Crippen LogP contribution in [0.25, 0.3) is 0 Å². The number of benzene rings is 1. The van der Waals surface area contributed by atoms with Crippen LogP contribution in [0.5, 0.6) is 11.5 Å². The molecule has 2 rings (SSSR count). The van der Waals surface area contributed by atoms with Crippen molar-refractivity contribution in [3.63, 3.8) is 0 Å². The van der Waals surface area contributed by atoms with E-state index in [2.05, 4.69) is 0 Å². The molecule has 1 amide bonds. The lowest BCUT2D eigenvalue weighted by Crippen LogP contribution is -2.57.